The molecule has 1 fully saturated rings. The Morgan fingerprint density at radius 1 is 1.07 bits per heavy atom. The minimum Gasteiger partial charge on any atom is -0.497 e. The van der Waals surface area contributed by atoms with E-state index in [4.69, 9.17) is 4.74 Å². The summed E-state index contributed by atoms with van der Waals surface area (Å²) in [4.78, 5) is 14.9. The van der Waals surface area contributed by atoms with Gasteiger partial charge >= 0.3 is 0 Å². The second-order valence-electron chi connectivity index (χ2n) is 7.15. The van der Waals surface area contributed by atoms with Gasteiger partial charge in [-0.05, 0) is 49.6 Å². The van der Waals surface area contributed by atoms with E-state index >= 15 is 0 Å². The topological polar surface area (TPSA) is 66.9 Å². The molecule has 1 aliphatic rings. The van der Waals surface area contributed by atoms with Gasteiger partial charge in [0.15, 0.2) is 0 Å². The summed E-state index contributed by atoms with van der Waals surface area (Å²) < 4.78 is 32.4. The van der Waals surface area contributed by atoms with E-state index in [1.165, 1.54) is 4.31 Å². The lowest BCUT2D eigenvalue weighted by atomic mass is 10.0. The molecule has 7 heteroatoms. The summed E-state index contributed by atoms with van der Waals surface area (Å²) >= 11 is 0. The van der Waals surface area contributed by atoms with Crippen molar-refractivity contribution in [2.75, 3.05) is 26.7 Å². The first-order valence-electron chi connectivity index (χ1n) is 9.93. The van der Waals surface area contributed by atoms with Gasteiger partial charge in [-0.1, -0.05) is 30.3 Å². The monoisotopic (exact) mass is 416 g/mol. The first-order chi connectivity index (χ1) is 14.0. The van der Waals surface area contributed by atoms with E-state index in [0.29, 0.717) is 44.6 Å². The number of hydrogen-bond donors (Lipinski definition) is 0. The number of rotatable bonds is 7. The van der Waals surface area contributed by atoms with Gasteiger partial charge in [-0.25, -0.2) is 8.42 Å². The minimum absolute atomic E-state index is 0.0681. The summed E-state index contributed by atoms with van der Waals surface area (Å²) in [6.45, 7) is 3.42. The highest BCUT2D eigenvalue weighted by atomic mass is 32.2. The molecule has 29 heavy (non-hydrogen) atoms. The van der Waals surface area contributed by atoms with Crippen LogP contribution in [-0.4, -0.2) is 56.3 Å². The van der Waals surface area contributed by atoms with Crippen LogP contribution in [0.3, 0.4) is 0 Å². The molecular formula is C22H28N2O4S. The standard InChI is InChI=1S/C22H28N2O4S/c1-3-24(22(25)17-18-7-5-4-6-8-18)19-13-15-23(16-14-19)29(26,27)21-11-9-20(28-2)10-12-21/h4-12,19H,3,13-17H2,1-2H3. The molecule has 0 saturated carbocycles. The number of nitrogens with zero attached hydrogens (tertiary/aromatic N) is 2. The van der Waals surface area contributed by atoms with E-state index in [1.54, 1.807) is 31.4 Å². The van der Waals surface area contributed by atoms with E-state index in [0.717, 1.165) is 5.56 Å². The quantitative estimate of drug-likeness (QED) is 0.696. The number of amides is 1. The van der Waals surface area contributed by atoms with Crippen molar-refractivity contribution in [3.8, 4) is 5.75 Å². The summed E-state index contributed by atoms with van der Waals surface area (Å²) in [5.74, 6) is 0.716. The van der Waals surface area contributed by atoms with E-state index in [9.17, 15) is 13.2 Å². The van der Waals surface area contributed by atoms with Crippen LogP contribution < -0.4 is 4.74 Å². The zero-order chi connectivity index (χ0) is 20.9. The van der Waals surface area contributed by atoms with Crippen molar-refractivity contribution in [1.29, 1.82) is 0 Å². The molecule has 0 radical (unpaired) electrons. The number of hydrogen-bond acceptors (Lipinski definition) is 4. The molecule has 0 unspecified atom stereocenters. The maximum absolute atomic E-state index is 12.9. The Hall–Kier alpha value is -2.38. The van der Waals surface area contributed by atoms with Crippen LogP contribution in [0, 0.1) is 0 Å². The predicted molar refractivity (Wildman–Crippen MR) is 112 cm³/mol. The molecule has 2 aromatic rings. The molecule has 0 N–H and O–H groups in total. The summed E-state index contributed by atoms with van der Waals surface area (Å²) in [6, 6.07) is 16.2. The van der Waals surface area contributed by atoms with Crippen LogP contribution in [0.25, 0.3) is 0 Å². The van der Waals surface area contributed by atoms with Crippen molar-refractivity contribution >= 4 is 15.9 Å². The van der Waals surface area contributed by atoms with Crippen molar-refractivity contribution in [1.82, 2.24) is 9.21 Å². The Kier molecular flexibility index (Phi) is 6.92. The Labute approximate surface area is 173 Å². The highest BCUT2D eigenvalue weighted by Gasteiger charge is 2.32. The van der Waals surface area contributed by atoms with Gasteiger partial charge in [0.1, 0.15) is 5.75 Å². The number of methoxy groups -OCH3 is 1. The van der Waals surface area contributed by atoms with Crippen molar-refractivity contribution in [2.45, 2.75) is 37.1 Å². The average molecular weight is 417 g/mol. The fourth-order valence-corrected chi connectivity index (χ4v) is 5.27. The van der Waals surface area contributed by atoms with Crippen LogP contribution in [0.5, 0.6) is 5.75 Å². The number of piperidine rings is 1. The number of carbonyl (C=O) groups excluding carboxylic acids is 1. The van der Waals surface area contributed by atoms with Crippen LogP contribution >= 0.6 is 0 Å². The summed E-state index contributed by atoms with van der Waals surface area (Å²) in [5.41, 5.74) is 0.996. The number of likely N-dealkylation sites (N-methyl/N-ethyl adjacent to an activating group) is 1. The zero-order valence-corrected chi connectivity index (χ0v) is 17.8. The molecule has 0 bridgehead atoms. The number of carbonyl (C=O) groups is 1. The fraction of sp³-hybridized carbons (Fsp3) is 0.409. The third-order valence-electron chi connectivity index (χ3n) is 5.42. The second kappa shape index (κ2) is 9.41. The molecule has 0 aromatic heterocycles. The normalized spacial score (nSPS) is 15.8. The molecule has 1 heterocycles. The van der Waals surface area contributed by atoms with Crippen LogP contribution in [0.1, 0.15) is 25.3 Å². The number of sulfonamides is 1. The molecule has 156 valence electrons. The Balaban J connectivity index is 1.62. The lowest BCUT2D eigenvalue weighted by Gasteiger charge is -2.37. The van der Waals surface area contributed by atoms with E-state index < -0.39 is 10.0 Å². The van der Waals surface area contributed by atoms with Gasteiger partial charge in [-0.2, -0.15) is 4.31 Å². The highest BCUT2D eigenvalue weighted by molar-refractivity contribution is 7.89. The molecule has 0 aliphatic carbocycles. The van der Waals surface area contributed by atoms with Crippen molar-refractivity contribution in [3.05, 3.63) is 60.2 Å². The zero-order valence-electron chi connectivity index (χ0n) is 17.0. The number of ether oxygens (including phenoxy) is 1. The Bertz CT molecular complexity index is 906. The van der Waals surface area contributed by atoms with Gasteiger partial charge in [0.05, 0.1) is 18.4 Å². The van der Waals surface area contributed by atoms with Crippen molar-refractivity contribution < 1.29 is 17.9 Å². The predicted octanol–water partition coefficient (Wildman–Crippen LogP) is 2.94. The van der Waals surface area contributed by atoms with Gasteiger partial charge in [-0.15, -0.1) is 0 Å². The van der Waals surface area contributed by atoms with Crippen LogP contribution in [0.4, 0.5) is 0 Å². The molecule has 1 amide bonds. The molecule has 6 nitrogen and oxygen atoms in total. The second-order valence-corrected chi connectivity index (χ2v) is 9.09. The summed E-state index contributed by atoms with van der Waals surface area (Å²) in [7, 11) is -1.99. The molecule has 2 aromatic carbocycles. The number of benzene rings is 2. The van der Waals surface area contributed by atoms with Crippen molar-refractivity contribution in [3.63, 3.8) is 0 Å². The molecule has 3 rings (SSSR count). The van der Waals surface area contributed by atoms with Gasteiger partial charge in [-0.3, -0.25) is 4.79 Å². The molecule has 0 atom stereocenters. The average Bonchev–Trinajstić information content (AvgIpc) is 2.75. The fourth-order valence-electron chi connectivity index (χ4n) is 3.80. The lowest BCUT2D eigenvalue weighted by Crippen LogP contribution is -2.49. The van der Waals surface area contributed by atoms with E-state index in [1.807, 2.05) is 42.2 Å². The first-order valence-corrected chi connectivity index (χ1v) is 11.4. The minimum atomic E-state index is -3.54. The lowest BCUT2D eigenvalue weighted by molar-refractivity contribution is -0.133. The maximum atomic E-state index is 12.9. The Morgan fingerprint density at radius 3 is 2.24 bits per heavy atom. The third-order valence-corrected chi connectivity index (χ3v) is 7.33. The van der Waals surface area contributed by atoms with Gasteiger partial charge in [0, 0.05) is 25.7 Å². The smallest absolute Gasteiger partial charge is 0.243 e. The Morgan fingerprint density at radius 2 is 1.69 bits per heavy atom. The van der Waals surface area contributed by atoms with Crippen LogP contribution in [0.2, 0.25) is 0 Å². The van der Waals surface area contributed by atoms with Crippen molar-refractivity contribution in [2.24, 2.45) is 0 Å². The SMILES string of the molecule is CCN(C(=O)Cc1ccccc1)C1CCN(S(=O)(=O)c2ccc(OC)cc2)CC1. The van der Waals surface area contributed by atoms with Crippen LogP contribution in [0.15, 0.2) is 59.5 Å². The van der Waals surface area contributed by atoms with E-state index in [-0.39, 0.29) is 16.8 Å². The molecular weight excluding hydrogens is 388 g/mol. The third kappa shape index (κ3) is 4.97. The summed E-state index contributed by atoms with van der Waals surface area (Å²) in [6.07, 6.45) is 1.66. The van der Waals surface area contributed by atoms with E-state index in [2.05, 4.69) is 0 Å². The maximum Gasteiger partial charge on any atom is 0.243 e. The van der Waals surface area contributed by atoms with Crippen LogP contribution in [-0.2, 0) is 21.2 Å². The summed E-state index contributed by atoms with van der Waals surface area (Å²) in [5, 5.41) is 0. The largest absolute Gasteiger partial charge is 0.497 e. The molecule has 1 saturated heterocycles. The molecule has 0 spiro atoms. The highest BCUT2D eigenvalue weighted by Crippen LogP contribution is 2.25. The molecule has 1 aliphatic heterocycles. The van der Waals surface area contributed by atoms with Gasteiger partial charge < -0.3 is 9.64 Å². The van der Waals surface area contributed by atoms with Gasteiger partial charge in [0.2, 0.25) is 15.9 Å². The first kappa shape index (κ1) is 21.3. The van der Waals surface area contributed by atoms with Gasteiger partial charge in [0.25, 0.3) is 0 Å².